The second kappa shape index (κ2) is 5.34. The standard InChI is InChI=1S/C13H18FN5/c1-4-12(8(2)3)19-13(16-17-18-19)9-5-10(14)7-11(15)6-9/h5-8,12H,4,15H2,1-3H3. The average Bonchev–Trinajstić information content (AvgIpc) is 2.77. The lowest BCUT2D eigenvalue weighted by Gasteiger charge is -2.20. The van der Waals surface area contributed by atoms with Crippen molar-refractivity contribution >= 4 is 5.69 Å². The molecule has 19 heavy (non-hydrogen) atoms. The van der Waals surface area contributed by atoms with Gasteiger partial charge < -0.3 is 5.73 Å². The fraction of sp³-hybridized carbons (Fsp3) is 0.462. The number of rotatable bonds is 4. The highest BCUT2D eigenvalue weighted by Gasteiger charge is 2.20. The summed E-state index contributed by atoms with van der Waals surface area (Å²) in [7, 11) is 0. The van der Waals surface area contributed by atoms with E-state index >= 15 is 0 Å². The topological polar surface area (TPSA) is 69.6 Å². The molecule has 0 radical (unpaired) electrons. The molecule has 0 saturated heterocycles. The Bertz CT molecular complexity index is 544. The van der Waals surface area contributed by atoms with Gasteiger partial charge in [-0.1, -0.05) is 20.8 Å². The van der Waals surface area contributed by atoms with Crippen molar-refractivity contribution < 1.29 is 4.39 Å². The summed E-state index contributed by atoms with van der Waals surface area (Å²) in [5, 5.41) is 11.7. The molecule has 0 saturated carbocycles. The van der Waals surface area contributed by atoms with Gasteiger partial charge in [0.05, 0.1) is 6.04 Å². The first-order valence-corrected chi connectivity index (χ1v) is 6.37. The lowest BCUT2D eigenvalue weighted by molar-refractivity contribution is 0.333. The summed E-state index contributed by atoms with van der Waals surface area (Å²) in [5.41, 5.74) is 6.63. The van der Waals surface area contributed by atoms with Gasteiger partial charge in [-0.2, -0.15) is 0 Å². The van der Waals surface area contributed by atoms with Crippen LogP contribution < -0.4 is 5.73 Å². The molecule has 0 aliphatic carbocycles. The number of hydrogen-bond donors (Lipinski definition) is 1. The summed E-state index contributed by atoms with van der Waals surface area (Å²) < 4.78 is 15.2. The van der Waals surface area contributed by atoms with Crippen LogP contribution in [0, 0.1) is 11.7 Å². The molecule has 1 unspecified atom stereocenters. The predicted molar refractivity (Wildman–Crippen MR) is 71.8 cm³/mol. The van der Waals surface area contributed by atoms with Crippen LogP contribution in [-0.2, 0) is 0 Å². The SMILES string of the molecule is CCC(C(C)C)n1nnnc1-c1cc(N)cc(F)c1. The highest BCUT2D eigenvalue weighted by Crippen LogP contribution is 2.27. The molecule has 0 bridgehead atoms. The van der Waals surface area contributed by atoms with Crippen molar-refractivity contribution in [2.45, 2.75) is 33.2 Å². The lowest BCUT2D eigenvalue weighted by Crippen LogP contribution is -2.17. The fourth-order valence-electron chi connectivity index (χ4n) is 2.28. The zero-order valence-corrected chi connectivity index (χ0v) is 11.3. The van der Waals surface area contributed by atoms with Gasteiger partial charge in [0.1, 0.15) is 5.82 Å². The average molecular weight is 263 g/mol. The quantitative estimate of drug-likeness (QED) is 0.861. The van der Waals surface area contributed by atoms with Crippen LogP contribution in [0.5, 0.6) is 0 Å². The van der Waals surface area contributed by atoms with Crippen molar-refractivity contribution in [2.24, 2.45) is 5.92 Å². The zero-order valence-electron chi connectivity index (χ0n) is 11.3. The summed E-state index contributed by atoms with van der Waals surface area (Å²) in [4.78, 5) is 0. The number of anilines is 1. The van der Waals surface area contributed by atoms with Crippen LogP contribution in [0.4, 0.5) is 10.1 Å². The normalized spacial score (nSPS) is 12.9. The maximum absolute atomic E-state index is 13.4. The minimum absolute atomic E-state index is 0.175. The van der Waals surface area contributed by atoms with E-state index in [1.54, 1.807) is 10.7 Å². The fourth-order valence-corrected chi connectivity index (χ4v) is 2.28. The number of hydrogen-bond acceptors (Lipinski definition) is 4. The first-order valence-electron chi connectivity index (χ1n) is 6.37. The molecule has 1 heterocycles. The molecule has 2 N–H and O–H groups in total. The van der Waals surface area contributed by atoms with E-state index in [0.717, 1.165) is 6.42 Å². The van der Waals surface area contributed by atoms with E-state index in [9.17, 15) is 4.39 Å². The Morgan fingerprint density at radius 2 is 2.05 bits per heavy atom. The number of aromatic nitrogens is 4. The Balaban J connectivity index is 2.49. The van der Waals surface area contributed by atoms with Crippen molar-refractivity contribution in [3.8, 4) is 11.4 Å². The third-order valence-electron chi connectivity index (χ3n) is 3.17. The largest absolute Gasteiger partial charge is 0.399 e. The number of nitrogens with zero attached hydrogens (tertiary/aromatic N) is 4. The molecular weight excluding hydrogens is 245 g/mol. The van der Waals surface area contributed by atoms with E-state index in [1.807, 2.05) is 0 Å². The van der Waals surface area contributed by atoms with Gasteiger partial charge >= 0.3 is 0 Å². The van der Waals surface area contributed by atoms with Gasteiger partial charge in [-0.15, -0.1) is 5.10 Å². The Kier molecular flexibility index (Phi) is 3.78. The predicted octanol–water partition coefficient (Wildman–Crippen LogP) is 2.67. The first-order chi connectivity index (χ1) is 9.02. The van der Waals surface area contributed by atoms with Crippen LogP contribution in [0.25, 0.3) is 11.4 Å². The number of nitrogens with two attached hydrogens (primary N) is 1. The van der Waals surface area contributed by atoms with Crippen LogP contribution in [0.2, 0.25) is 0 Å². The van der Waals surface area contributed by atoms with E-state index < -0.39 is 0 Å². The maximum atomic E-state index is 13.4. The molecule has 2 rings (SSSR count). The van der Waals surface area contributed by atoms with Gasteiger partial charge in [0.15, 0.2) is 5.82 Å². The third kappa shape index (κ3) is 2.72. The Morgan fingerprint density at radius 1 is 1.32 bits per heavy atom. The van der Waals surface area contributed by atoms with Gasteiger partial charge in [-0.05, 0) is 41.0 Å². The van der Waals surface area contributed by atoms with Gasteiger partial charge in [-0.25, -0.2) is 9.07 Å². The Labute approximate surface area is 111 Å². The molecule has 0 aliphatic rings. The molecule has 1 aromatic carbocycles. The molecule has 2 aromatic rings. The summed E-state index contributed by atoms with van der Waals surface area (Å²) in [6, 6.07) is 4.52. The van der Waals surface area contributed by atoms with Crippen molar-refractivity contribution in [3.63, 3.8) is 0 Å². The van der Waals surface area contributed by atoms with E-state index in [4.69, 9.17) is 5.73 Å². The molecule has 1 atom stereocenters. The Morgan fingerprint density at radius 3 is 2.63 bits per heavy atom. The summed E-state index contributed by atoms with van der Waals surface area (Å²) in [6.45, 7) is 6.30. The van der Waals surface area contributed by atoms with Crippen molar-refractivity contribution in [1.29, 1.82) is 0 Å². The summed E-state index contributed by atoms with van der Waals surface area (Å²) in [6.07, 6.45) is 0.903. The molecule has 0 amide bonds. The molecule has 6 heteroatoms. The van der Waals surface area contributed by atoms with E-state index in [2.05, 4.69) is 36.3 Å². The van der Waals surface area contributed by atoms with Crippen molar-refractivity contribution in [1.82, 2.24) is 20.2 Å². The van der Waals surface area contributed by atoms with Crippen LogP contribution in [0.15, 0.2) is 18.2 Å². The van der Waals surface area contributed by atoms with Crippen molar-refractivity contribution in [2.75, 3.05) is 5.73 Å². The van der Waals surface area contributed by atoms with Gasteiger partial charge in [0, 0.05) is 11.3 Å². The summed E-state index contributed by atoms with van der Waals surface area (Å²) >= 11 is 0. The molecule has 5 nitrogen and oxygen atoms in total. The third-order valence-corrected chi connectivity index (χ3v) is 3.17. The van der Waals surface area contributed by atoms with Crippen LogP contribution in [0.3, 0.4) is 0 Å². The van der Waals surface area contributed by atoms with Crippen molar-refractivity contribution in [3.05, 3.63) is 24.0 Å². The van der Waals surface area contributed by atoms with Gasteiger partial charge in [-0.3, -0.25) is 0 Å². The van der Waals surface area contributed by atoms with Crippen LogP contribution >= 0.6 is 0 Å². The number of benzene rings is 1. The first kappa shape index (κ1) is 13.5. The minimum Gasteiger partial charge on any atom is -0.399 e. The van der Waals surface area contributed by atoms with Gasteiger partial charge in [0.2, 0.25) is 0 Å². The molecule has 0 fully saturated rings. The number of tetrazole rings is 1. The van der Waals surface area contributed by atoms with Crippen LogP contribution in [0.1, 0.15) is 33.2 Å². The molecule has 1 aromatic heterocycles. The zero-order chi connectivity index (χ0) is 14.0. The van der Waals surface area contributed by atoms with E-state index in [1.165, 1.54) is 12.1 Å². The maximum Gasteiger partial charge on any atom is 0.182 e. The molecule has 0 spiro atoms. The number of halogens is 1. The smallest absolute Gasteiger partial charge is 0.182 e. The summed E-state index contributed by atoms with van der Waals surface area (Å²) in [5.74, 6) is 0.548. The van der Waals surface area contributed by atoms with Gasteiger partial charge in [0.25, 0.3) is 0 Å². The monoisotopic (exact) mass is 263 g/mol. The lowest BCUT2D eigenvalue weighted by atomic mass is 10.0. The van der Waals surface area contributed by atoms with Crippen LogP contribution in [-0.4, -0.2) is 20.2 Å². The highest BCUT2D eigenvalue weighted by atomic mass is 19.1. The highest BCUT2D eigenvalue weighted by molar-refractivity contribution is 5.61. The Hall–Kier alpha value is -1.98. The minimum atomic E-state index is -0.387. The van der Waals surface area contributed by atoms with E-state index in [0.29, 0.717) is 23.0 Å². The second-order valence-electron chi connectivity index (χ2n) is 4.94. The molecule has 0 aliphatic heterocycles. The molecular formula is C13H18FN5. The molecule has 102 valence electrons. The second-order valence-corrected chi connectivity index (χ2v) is 4.94. The number of nitrogen functional groups attached to an aromatic ring is 1. The van der Waals surface area contributed by atoms with E-state index in [-0.39, 0.29) is 11.9 Å².